The molecule has 7 aromatic rings. The molecule has 47 heavy (non-hydrogen) atoms. The molecule has 2 aliphatic heterocycles. The molecule has 0 fully saturated rings. The molecule has 0 N–H and O–H groups in total. The maximum absolute atomic E-state index is 9.56. The van der Waals surface area contributed by atoms with Gasteiger partial charge < -0.3 is 9.47 Å². The van der Waals surface area contributed by atoms with Crippen molar-refractivity contribution in [2.75, 3.05) is 0 Å². The van der Waals surface area contributed by atoms with Crippen LogP contribution in [0.1, 0.15) is 5.56 Å². The number of nitriles is 1. The molecule has 6 aromatic carbocycles. The van der Waals surface area contributed by atoms with Crippen LogP contribution in [0.2, 0.25) is 0 Å². The summed E-state index contributed by atoms with van der Waals surface area (Å²) in [5.41, 5.74) is 2.96. The van der Waals surface area contributed by atoms with Gasteiger partial charge in [-0.25, -0.2) is 15.0 Å². The second-order valence-corrected chi connectivity index (χ2v) is 15.2. The lowest BCUT2D eigenvalue weighted by Crippen LogP contribution is -2.77. The molecule has 0 atom stereocenters. The third kappa shape index (κ3) is 4.20. The van der Waals surface area contributed by atoms with E-state index in [-0.39, 0.29) is 0 Å². The molecule has 0 radical (unpaired) electrons. The molecule has 1 spiro atoms. The van der Waals surface area contributed by atoms with Gasteiger partial charge in [0.25, 0.3) is 0 Å². The van der Waals surface area contributed by atoms with Gasteiger partial charge in [-0.15, -0.1) is 0 Å². The molecule has 0 saturated heterocycles. The normalized spacial score (nSPS) is 13.2. The number of nitrogens with zero attached hydrogens (tertiary/aromatic N) is 4. The molecule has 9 rings (SSSR count). The number of benzene rings is 6. The highest BCUT2D eigenvalue weighted by Crippen LogP contribution is 2.37. The quantitative estimate of drug-likeness (QED) is 0.215. The van der Waals surface area contributed by atoms with Gasteiger partial charge in [0, 0.05) is 16.7 Å². The fourth-order valence-electron chi connectivity index (χ4n) is 6.84. The molecule has 1 aromatic heterocycles. The summed E-state index contributed by atoms with van der Waals surface area (Å²) < 4.78 is 13.2. The van der Waals surface area contributed by atoms with Crippen LogP contribution in [0.15, 0.2) is 146 Å². The van der Waals surface area contributed by atoms with Gasteiger partial charge in [0.1, 0.15) is 23.0 Å². The first-order valence-corrected chi connectivity index (χ1v) is 17.3. The van der Waals surface area contributed by atoms with Crippen molar-refractivity contribution in [3.8, 4) is 63.2 Å². The topological polar surface area (TPSA) is 80.9 Å². The van der Waals surface area contributed by atoms with Crippen LogP contribution >= 0.6 is 0 Å². The van der Waals surface area contributed by atoms with Crippen molar-refractivity contribution >= 4 is 28.8 Å². The zero-order chi connectivity index (χ0) is 31.4. The third-order valence-corrected chi connectivity index (χ3v) is 13.8. The fourth-order valence-corrected chi connectivity index (χ4v) is 12.0. The molecule has 3 heterocycles. The van der Waals surface area contributed by atoms with E-state index in [0.717, 1.165) is 44.9 Å². The molecule has 220 valence electrons. The van der Waals surface area contributed by atoms with Crippen molar-refractivity contribution in [1.82, 2.24) is 15.0 Å². The zero-order valence-electron chi connectivity index (χ0n) is 25.0. The molecule has 7 heteroatoms. The third-order valence-electron chi connectivity index (χ3n) is 8.87. The van der Waals surface area contributed by atoms with Gasteiger partial charge in [-0.05, 0) is 57.1 Å². The molecular weight excluding hydrogens is 597 g/mol. The lowest BCUT2D eigenvalue weighted by molar-refractivity contribution is 0.482. The fraction of sp³-hybridized carbons (Fsp3) is 0. The van der Waals surface area contributed by atoms with Crippen molar-refractivity contribution in [1.29, 1.82) is 5.26 Å². The van der Waals surface area contributed by atoms with E-state index in [1.807, 2.05) is 60.7 Å². The van der Waals surface area contributed by atoms with E-state index in [1.54, 1.807) is 12.1 Å². The number of ether oxygens (including phenoxy) is 2. The first-order chi connectivity index (χ1) is 23.2. The summed E-state index contributed by atoms with van der Waals surface area (Å²) in [4.78, 5) is 14.7. The molecular formula is C40H24N4O2Si. The van der Waals surface area contributed by atoms with Crippen LogP contribution in [0.5, 0.6) is 23.0 Å². The SMILES string of the molecule is N#Cc1cccc(-c2nc(-c3ccccc3)nc(-c3ccc4c(c3)Oc3ccccc3[Si]43c4ccccc4Oc4ccccc43)n2)c1. The predicted octanol–water partition coefficient (Wildman–Crippen LogP) is 6.33. The van der Waals surface area contributed by atoms with E-state index in [9.17, 15) is 5.26 Å². The minimum Gasteiger partial charge on any atom is -0.458 e. The van der Waals surface area contributed by atoms with Gasteiger partial charge in [-0.3, -0.25) is 0 Å². The maximum atomic E-state index is 9.56. The van der Waals surface area contributed by atoms with E-state index in [1.165, 1.54) is 15.6 Å². The summed E-state index contributed by atoms with van der Waals surface area (Å²) >= 11 is 0. The van der Waals surface area contributed by atoms with Crippen LogP contribution in [0, 0.1) is 11.3 Å². The molecule has 0 amide bonds. The van der Waals surface area contributed by atoms with Gasteiger partial charge in [0.15, 0.2) is 25.5 Å². The summed E-state index contributed by atoms with van der Waals surface area (Å²) in [5.74, 6) is 4.92. The zero-order valence-corrected chi connectivity index (χ0v) is 26.0. The Labute approximate surface area is 272 Å². The van der Waals surface area contributed by atoms with Crippen LogP contribution in [0.3, 0.4) is 0 Å². The lowest BCUT2D eigenvalue weighted by atomic mass is 10.1. The largest absolute Gasteiger partial charge is 0.458 e. The number of hydrogen-bond donors (Lipinski definition) is 0. The summed E-state index contributed by atoms with van der Waals surface area (Å²) in [6.45, 7) is 0. The van der Waals surface area contributed by atoms with E-state index >= 15 is 0 Å². The van der Waals surface area contributed by atoms with Crippen LogP contribution in [0.25, 0.3) is 34.2 Å². The number of aromatic nitrogens is 3. The van der Waals surface area contributed by atoms with Crippen LogP contribution in [-0.2, 0) is 0 Å². The second-order valence-electron chi connectivity index (χ2n) is 11.5. The maximum Gasteiger partial charge on any atom is 0.196 e. The van der Waals surface area contributed by atoms with Gasteiger partial charge in [-0.2, -0.15) is 5.26 Å². The number of rotatable bonds is 3. The second kappa shape index (κ2) is 10.6. The Morgan fingerprint density at radius 3 is 1.49 bits per heavy atom. The first-order valence-electron chi connectivity index (χ1n) is 15.3. The van der Waals surface area contributed by atoms with Crippen LogP contribution < -0.4 is 30.2 Å². The summed E-state index contributed by atoms with van der Waals surface area (Å²) in [6, 6.07) is 50.9. The standard InChI is InChI=1S/C40H24N4O2Si/c41-25-26-11-10-14-28(23-26)39-42-38(27-12-2-1-3-13-27)43-40(44-39)29-21-22-37-33(24-29)46-32-17-6-9-20-36(32)47(37)34-18-7-4-15-30(34)45-31-16-5-8-19-35(31)47/h1-24H. The van der Waals surface area contributed by atoms with E-state index < -0.39 is 8.07 Å². The Morgan fingerprint density at radius 1 is 0.426 bits per heavy atom. The van der Waals surface area contributed by atoms with Crippen molar-refractivity contribution in [3.05, 3.63) is 151 Å². The first kappa shape index (κ1) is 27.0. The van der Waals surface area contributed by atoms with Crippen molar-refractivity contribution < 1.29 is 9.47 Å². The highest BCUT2D eigenvalue weighted by Gasteiger charge is 2.52. The Kier molecular flexibility index (Phi) is 6.10. The van der Waals surface area contributed by atoms with Crippen molar-refractivity contribution in [3.63, 3.8) is 0 Å². The smallest absolute Gasteiger partial charge is 0.196 e. The molecule has 0 saturated carbocycles. The Bertz CT molecular complexity index is 2340. The average molecular weight is 621 g/mol. The Balaban J connectivity index is 1.28. The lowest BCUT2D eigenvalue weighted by Gasteiger charge is -2.43. The van der Waals surface area contributed by atoms with Gasteiger partial charge in [0.2, 0.25) is 0 Å². The molecule has 6 nitrogen and oxygen atoms in total. The van der Waals surface area contributed by atoms with Gasteiger partial charge in [0.05, 0.1) is 11.6 Å². The van der Waals surface area contributed by atoms with Gasteiger partial charge >= 0.3 is 0 Å². The highest BCUT2D eigenvalue weighted by atomic mass is 28.3. The summed E-state index contributed by atoms with van der Waals surface area (Å²) in [7, 11) is -2.85. The Morgan fingerprint density at radius 2 is 0.894 bits per heavy atom. The van der Waals surface area contributed by atoms with Crippen LogP contribution in [0.4, 0.5) is 0 Å². The molecule has 0 unspecified atom stereocenters. The summed E-state index contributed by atoms with van der Waals surface area (Å²) in [5, 5.41) is 14.3. The van der Waals surface area contributed by atoms with Crippen molar-refractivity contribution in [2.24, 2.45) is 0 Å². The van der Waals surface area contributed by atoms with E-state index in [2.05, 4.69) is 78.9 Å². The van der Waals surface area contributed by atoms with Gasteiger partial charge in [-0.1, -0.05) is 109 Å². The number of para-hydroxylation sites is 3. The minimum absolute atomic E-state index is 0.494. The monoisotopic (exact) mass is 620 g/mol. The highest BCUT2D eigenvalue weighted by molar-refractivity contribution is 7.21. The minimum atomic E-state index is -2.85. The Hall–Kier alpha value is -6.36. The summed E-state index contributed by atoms with van der Waals surface area (Å²) in [6.07, 6.45) is 0. The van der Waals surface area contributed by atoms with E-state index in [4.69, 9.17) is 24.4 Å². The molecule has 0 aliphatic carbocycles. The number of hydrogen-bond acceptors (Lipinski definition) is 6. The van der Waals surface area contributed by atoms with E-state index in [0.29, 0.717) is 23.0 Å². The molecule has 0 bridgehead atoms. The average Bonchev–Trinajstić information content (AvgIpc) is 3.14. The number of fused-ring (bicyclic) bond motifs is 8. The van der Waals surface area contributed by atoms with Crippen molar-refractivity contribution in [2.45, 2.75) is 0 Å². The predicted molar refractivity (Wildman–Crippen MR) is 185 cm³/mol. The van der Waals surface area contributed by atoms with Crippen LogP contribution in [-0.4, -0.2) is 23.0 Å². The molecule has 2 aliphatic rings.